The highest BCUT2D eigenvalue weighted by Crippen LogP contribution is 2.29. The molecule has 0 aliphatic carbocycles. The molecule has 6 heteroatoms. The molecule has 0 amide bonds. The average molecular weight is 229 g/mol. The summed E-state index contributed by atoms with van der Waals surface area (Å²) in [4.78, 5) is 3.21. The normalized spacial score (nSPS) is 10.9. The van der Waals surface area contributed by atoms with E-state index in [-0.39, 0.29) is 0 Å². The summed E-state index contributed by atoms with van der Waals surface area (Å²) in [5.41, 5.74) is 2.14. The summed E-state index contributed by atoms with van der Waals surface area (Å²) < 4.78 is 5.36. The number of aromatic amines is 2. The van der Waals surface area contributed by atoms with Crippen molar-refractivity contribution in [3.05, 3.63) is 35.8 Å². The molecule has 0 radical (unpaired) electrons. The molecule has 0 atom stereocenters. The van der Waals surface area contributed by atoms with Gasteiger partial charge in [0.2, 0.25) is 0 Å². The van der Waals surface area contributed by atoms with Gasteiger partial charge in [-0.05, 0) is 17.7 Å². The minimum absolute atomic E-state index is 0.622. The molecule has 0 bridgehead atoms. The van der Waals surface area contributed by atoms with Crippen molar-refractivity contribution in [3.8, 4) is 5.75 Å². The van der Waals surface area contributed by atoms with Crippen LogP contribution in [0.2, 0.25) is 0 Å². The van der Waals surface area contributed by atoms with Gasteiger partial charge in [-0.25, -0.2) is 0 Å². The maximum absolute atomic E-state index is 5.36. The zero-order valence-electron chi connectivity index (χ0n) is 9.27. The Morgan fingerprint density at radius 2 is 2.29 bits per heavy atom. The van der Waals surface area contributed by atoms with E-state index in [4.69, 9.17) is 4.74 Å². The summed E-state index contributed by atoms with van der Waals surface area (Å²) in [5, 5.41) is 15.0. The third-order valence-corrected chi connectivity index (χ3v) is 2.71. The molecular formula is C11H11N5O. The summed E-state index contributed by atoms with van der Waals surface area (Å²) in [6.45, 7) is 0. The maximum Gasteiger partial charge on any atom is 0.178 e. The van der Waals surface area contributed by atoms with E-state index in [0.29, 0.717) is 12.2 Å². The molecule has 17 heavy (non-hydrogen) atoms. The van der Waals surface area contributed by atoms with Gasteiger partial charge in [-0.15, -0.1) is 10.2 Å². The lowest BCUT2D eigenvalue weighted by atomic mass is 10.1. The molecule has 0 saturated heterocycles. The molecule has 1 aromatic carbocycles. The van der Waals surface area contributed by atoms with E-state index in [0.717, 1.165) is 22.2 Å². The quantitative estimate of drug-likeness (QED) is 0.709. The second-order valence-electron chi connectivity index (χ2n) is 3.70. The smallest absolute Gasteiger partial charge is 0.178 e. The van der Waals surface area contributed by atoms with Gasteiger partial charge in [0.15, 0.2) is 5.82 Å². The monoisotopic (exact) mass is 229 g/mol. The Morgan fingerprint density at radius 3 is 3.06 bits per heavy atom. The first-order valence-electron chi connectivity index (χ1n) is 5.24. The molecule has 0 aliphatic heterocycles. The van der Waals surface area contributed by atoms with Crippen molar-refractivity contribution in [1.82, 2.24) is 25.6 Å². The molecule has 2 aromatic heterocycles. The van der Waals surface area contributed by atoms with E-state index in [9.17, 15) is 0 Å². The van der Waals surface area contributed by atoms with Crippen LogP contribution in [-0.2, 0) is 6.42 Å². The first-order chi connectivity index (χ1) is 8.38. The van der Waals surface area contributed by atoms with Crippen molar-refractivity contribution in [3.63, 3.8) is 0 Å². The molecule has 3 rings (SSSR count). The zero-order chi connectivity index (χ0) is 11.7. The number of hydrogen-bond acceptors (Lipinski definition) is 4. The van der Waals surface area contributed by atoms with Gasteiger partial charge in [-0.1, -0.05) is 11.3 Å². The summed E-state index contributed by atoms with van der Waals surface area (Å²) in [5.74, 6) is 1.51. The lowest BCUT2D eigenvalue weighted by Gasteiger charge is -2.03. The minimum Gasteiger partial charge on any atom is -0.496 e. The predicted molar refractivity (Wildman–Crippen MR) is 61.8 cm³/mol. The second-order valence-corrected chi connectivity index (χ2v) is 3.70. The molecule has 3 aromatic rings. The zero-order valence-corrected chi connectivity index (χ0v) is 9.27. The van der Waals surface area contributed by atoms with Crippen molar-refractivity contribution in [2.24, 2.45) is 0 Å². The number of hydrogen-bond donors (Lipinski definition) is 2. The highest BCUT2D eigenvalue weighted by atomic mass is 16.5. The SMILES string of the molecule is COc1cccc2[nH]cc(Cc3nn[nH]n3)c12. The van der Waals surface area contributed by atoms with E-state index in [2.05, 4.69) is 25.6 Å². The number of nitrogens with one attached hydrogen (secondary N) is 2. The molecule has 2 N–H and O–H groups in total. The number of ether oxygens (including phenoxy) is 1. The largest absolute Gasteiger partial charge is 0.496 e. The number of tetrazole rings is 1. The van der Waals surface area contributed by atoms with Crippen LogP contribution in [0.3, 0.4) is 0 Å². The van der Waals surface area contributed by atoms with Gasteiger partial charge in [-0.3, -0.25) is 0 Å². The fourth-order valence-electron chi connectivity index (χ4n) is 1.96. The molecular weight excluding hydrogens is 218 g/mol. The third kappa shape index (κ3) is 1.63. The van der Waals surface area contributed by atoms with Crippen LogP contribution >= 0.6 is 0 Å². The van der Waals surface area contributed by atoms with Crippen LogP contribution in [0.25, 0.3) is 10.9 Å². The summed E-state index contributed by atoms with van der Waals surface area (Å²) >= 11 is 0. The van der Waals surface area contributed by atoms with Crippen LogP contribution < -0.4 is 4.74 Å². The molecule has 0 fully saturated rings. The van der Waals surface area contributed by atoms with E-state index < -0.39 is 0 Å². The van der Waals surface area contributed by atoms with Crippen LogP contribution in [0.4, 0.5) is 0 Å². The van der Waals surface area contributed by atoms with Gasteiger partial charge in [0.25, 0.3) is 0 Å². The van der Waals surface area contributed by atoms with E-state index in [1.54, 1.807) is 7.11 Å². The molecule has 86 valence electrons. The summed E-state index contributed by atoms with van der Waals surface area (Å²) in [6.07, 6.45) is 2.57. The number of nitrogens with zero attached hydrogens (tertiary/aromatic N) is 3. The van der Waals surface area contributed by atoms with Crippen LogP contribution in [0.1, 0.15) is 11.4 Å². The Kier molecular flexibility index (Phi) is 2.25. The van der Waals surface area contributed by atoms with Crippen molar-refractivity contribution in [2.45, 2.75) is 6.42 Å². The van der Waals surface area contributed by atoms with Crippen molar-refractivity contribution >= 4 is 10.9 Å². The molecule has 2 heterocycles. The number of benzene rings is 1. The number of aromatic nitrogens is 5. The van der Waals surface area contributed by atoms with Crippen LogP contribution in [0.15, 0.2) is 24.4 Å². The van der Waals surface area contributed by atoms with Crippen molar-refractivity contribution in [2.75, 3.05) is 7.11 Å². The highest BCUT2D eigenvalue weighted by Gasteiger charge is 2.11. The highest BCUT2D eigenvalue weighted by molar-refractivity contribution is 5.89. The molecule has 0 aliphatic rings. The third-order valence-electron chi connectivity index (χ3n) is 2.71. The van der Waals surface area contributed by atoms with Gasteiger partial charge in [0.05, 0.1) is 7.11 Å². The van der Waals surface area contributed by atoms with E-state index >= 15 is 0 Å². The Labute approximate surface area is 97.0 Å². The molecule has 6 nitrogen and oxygen atoms in total. The molecule has 0 saturated carbocycles. The van der Waals surface area contributed by atoms with Gasteiger partial charge in [-0.2, -0.15) is 5.21 Å². The molecule has 0 unspecified atom stereocenters. The van der Waals surface area contributed by atoms with Gasteiger partial charge in [0.1, 0.15) is 5.75 Å². The van der Waals surface area contributed by atoms with Gasteiger partial charge in [0, 0.05) is 23.5 Å². The van der Waals surface area contributed by atoms with Crippen LogP contribution in [0.5, 0.6) is 5.75 Å². The van der Waals surface area contributed by atoms with Gasteiger partial charge >= 0.3 is 0 Å². The van der Waals surface area contributed by atoms with Crippen molar-refractivity contribution in [1.29, 1.82) is 0 Å². The number of fused-ring (bicyclic) bond motifs is 1. The van der Waals surface area contributed by atoms with Crippen LogP contribution in [0, 0.1) is 0 Å². The average Bonchev–Trinajstić information content (AvgIpc) is 2.99. The Hall–Kier alpha value is -2.37. The lowest BCUT2D eigenvalue weighted by Crippen LogP contribution is -1.91. The first kappa shape index (κ1) is 9.83. The minimum atomic E-state index is 0.622. The van der Waals surface area contributed by atoms with Crippen LogP contribution in [-0.4, -0.2) is 32.7 Å². The van der Waals surface area contributed by atoms with E-state index in [1.807, 2.05) is 24.4 Å². The second kappa shape index (κ2) is 3.89. The van der Waals surface area contributed by atoms with E-state index in [1.165, 1.54) is 0 Å². The van der Waals surface area contributed by atoms with Gasteiger partial charge < -0.3 is 9.72 Å². The topological polar surface area (TPSA) is 79.5 Å². The predicted octanol–water partition coefficient (Wildman–Crippen LogP) is 1.28. The lowest BCUT2D eigenvalue weighted by molar-refractivity contribution is 0.419. The van der Waals surface area contributed by atoms with Crippen molar-refractivity contribution < 1.29 is 4.74 Å². The Morgan fingerprint density at radius 1 is 1.35 bits per heavy atom. The standard InChI is InChI=1S/C11H11N5O/c1-17-9-4-2-3-8-11(9)7(6-12-8)5-10-13-15-16-14-10/h2-4,6,12H,5H2,1H3,(H,13,14,15,16). The summed E-state index contributed by atoms with van der Waals surface area (Å²) in [7, 11) is 1.67. The maximum atomic E-state index is 5.36. The molecule has 0 spiro atoms. The summed E-state index contributed by atoms with van der Waals surface area (Å²) in [6, 6.07) is 5.91. The number of rotatable bonds is 3. The fraction of sp³-hybridized carbons (Fsp3) is 0.182. The Bertz CT molecular complexity index is 628. The number of H-pyrrole nitrogens is 2. The fourth-order valence-corrected chi connectivity index (χ4v) is 1.96. The Balaban J connectivity index is 2.10. The number of methoxy groups -OCH3 is 1. The first-order valence-corrected chi connectivity index (χ1v) is 5.24.